The predicted octanol–water partition coefficient (Wildman–Crippen LogP) is -3.10. The first-order valence-corrected chi connectivity index (χ1v) is 12.6. The van der Waals surface area contributed by atoms with Gasteiger partial charge in [-0.2, -0.15) is 8.78 Å². The van der Waals surface area contributed by atoms with Gasteiger partial charge in [-0.3, -0.25) is 19.2 Å². The Hall–Kier alpha value is -2.94. The van der Waals surface area contributed by atoms with E-state index in [1.54, 1.807) is 49.6 Å². The molecule has 1 fully saturated rings. The van der Waals surface area contributed by atoms with Crippen LogP contribution in [0.2, 0.25) is 10.8 Å². The van der Waals surface area contributed by atoms with Crippen molar-refractivity contribution in [1.29, 1.82) is 0 Å². The summed E-state index contributed by atoms with van der Waals surface area (Å²) in [6.45, 7) is 0.119. The molecule has 2 aromatic carbocycles. The number of piperidine rings is 1. The zero-order valence-corrected chi connectivity index (χ0v) is 22.9. The van der Waals surface area contributed by atoms with E-state index in [0.29, 0.717) is 16.7 Å². The fourth-order valence-electron chi connectivity index (χ4n) is 5.33. The van der Waals surface area contributed by atoms with E-state index in [1.165, 1.54) is 33.0 Å². The van der Waals surface area contributed by atoms with E-state index in [1.807, 2.05) is 0 Å². The molecular weight excluding hydrogens is 509 g/mol. The van der Waals surface area contributed by atoms with Gasteiger partial charge in [-0.1, -0.05) is 35.9 Å². The van der Waals surface area contributed by atoms with Crippen LogP contribution in [0.25, 0.3) is 0 Å². The molecule has 1 saturated heterocycles. The monoisotopic (exact) mass is 533 g/mol. The number of hydrogen-bond acceptors (Lipinski definition) is 4. The molecule has 0 N–H and O–H groups in total. The summed E-state index contributed by atoms with van der Waals surface area (Å²) >= 11 is 5.81. The lowest BCUT2D eigenvalue weighted by molar-refractivity contribution is -0.155. The van der Waals surface area contributed by atoms with Crippen molar-refractivity contribution in [3.8, 4) is 0 Å². The van der Waals surface area contributed by atoms with Crippen LogP contribution < -0.4 is 0 Å². The average Bonchev–Trinajstić information content (AvgIpc) is 3.22. The molecule has 190 valence electrons. The third-order valence-corrected chi connectivity index (χ3v) is 8.30. The third kappa shape index (κ3) is 4.28. The number of carbonyl (C=O) groups is 4. The van der Waals surface area contributed by atoms with Gasteiger partial charge in [0.15, 0.2) is 0 Å². The molecule has 2 atom stereocenters. The zero-order chi connectivity index (χ0) is 28.4. The SMILES string of the molecule is BC1C[C@](B)(N2Cc3cc(C(B)(B)N(B)C(=O)C(F)(F)c4ccc(Cl)cc4)ccc3C2=O)C(=O)N(B)C1=O. The molecule has 0 spiro atoms. The summed E-state index contributed by atoms with van der Waals surface area (Å²) in [5.41, 5.74) is -0.109. The minimum absolute atomic E-state index is 0.119. The van der Waals surface area contributed by atoms with Gasteiger partial charge in [0, 0.05) is 28.5 Å². The van der Waals surface area contributed by atoms with Gasteiger partial charge in [0.25, 0.3) is 11.8 Å². The van der Waals surface area contributed by atoms with E-state index >= 15 is 8.78 Å². The minimum atomic E-state index is -3.78. The smallest absolute Gasteiger partial charge is 0.348 e. The van der Waals surface area contributed by atoms with Gasteiger partial charge in [0.05, 0.1) is 5.44 Å². The Labute approximate surface area is 230 Å². The Morgan fingerprint density at radius 1 is 1.08 bits per heavy atom. The molecule has 0 radical (unpaired) electrons. The number of imide groups is 1. The summed E-state index contributed by atoms with van der Waals surface area (Å²) in [5.74, 6) is -6.67. The second kappa shape index (κ2) is 9.36. The van der Waals surface area contributed by atoms with Crippen molar-refractivity contribution >= 4 is 82.6 Å². The van der Waals surface area contributed by atoms with Crippen LogP contribution in [0.3, 0.4) is 0 Å². The fourth-order valence-corrected chi connectivity index (χ4v) is 5.46. The number of halogens is 3. The number of amides is 4. The van der Waals surface area contributed by atoms with E-state index in [9.17, 15) is 19.2 Å². The zero-order valence-electron chi connectivity index (χ0n) is 22.1. The molecule has 16 heteroatoms. The summed E-state index contributed by atoms with van der Waals surface area (Å²) < 4.78 is 30.3. The Bertz CT molecular complexity index is 1370. The van der Waals surface area contributed by atoms with Gasteiger partial charge in [-0.15, -0.1) is 0 Å². The molecule has 2 aromatic rings. The molecule has 0 aromatic heterocycles. The average molecular weight is 533 g/mol. The summed E-state index contributed by atoms with van der Waals surface area (Å²) in [6.07, 6.45) is 0.199. The lowest BCUT2D eigenvalue weighted by atomic mass is 9.55. The van der Waals surface area contributed by atoms with Crippen molar-refractivity contribution in [2.75, 3.05) is 0 Å². The van der Waals surface area contributed by atoms with Crippen LogP contribution in [0.5, 0.6) is 0 Å². The molecule has 0 bridgehead atoms. The van der Waals surface area contributed by atoms with Crippen LogP contribution in [-0.2, 0) is 32.2 Å². The maximum absolute atomic E-state index is 15.1. The molecule has 2 aliphatic heterocycles. The summed E-state index contributed by atoms with van der Waals surface area (Å²) in [4.78, 5) is 55.3. The van der Waals surface area contributed by atoms with Crippen LogP contribution in [0.15, 0.2) is 42.5 Å². The second-order valence-electron chi connectivity index (χ2n) is 10.8. The van der Waals surface area contributed by atoms with Gasteiger partial charge in [0.1, 0.15) is 31.4 Å². The van der Waals surface area contributed by atoms with Crippen molar-refractivity contribution in [1.82, 2.24) is 14.5 Å². The number of nitrogens with zero attached hydrogens (tertiary/aromatic N) is 3. The number of carbonyl (C=O) groups excluding carboxylic acids is 4. The molecule has 7 nitrogen and oxygen atoms in total. The van der Waals surface area contributed by atoms with Gasteiger partial charge in [-0.05, 0) is 41.1 Å². The van der Waals surface area contributed by atoms with Crippen LogP contribution >= 0.6 is 11.6 Å². The van der Waals surface area contributed by atoms with E-state index in [-0.39, 0.29) is 29.8 Å². The maximum Gasteiger partial charge on any atom is 0.348 e. The Morgan fingerprint density at radius 2 is 1.66 bits per heavy atom. The Balaban J connectivity index is 1.62. The van der Waals surface area contributed by atoms with Crippen molar-refractivity contribution in [3.63, 3.8) is 0 Å². The van der Waals surface area contributed by atoms with E-state index in [0.717, 1.165) is 21.8 Å². The molecule has 4 amide bonds. The predicted molar refractivity (Wildman–Crippen MR) is 154 cm³/mol. The van der Waals surface area contributed by atoms with Crippen molar-refractivity contribution < 1.29 is 28.0 Å². The Kier molecular flexibility index (Phi) is 6.92. The van der Waals surface area contributed by atoms with E-state index < -0.39 is 39.9 Å². The highest BCUT2D eigenvalue weighted by molar-refractivity contribution is 6.44. The van der Waals surface area contributed by atoms with E-state index in [4.69, 9.17) is 11.6 Å². The van der Waals surface area contributed by atoms with Crippen molar-refractivity contribution in [2.45, 2.75) is 35.5 Å². The Morgan fingerprint density at radius 3 is 2.26 bits per heavy atom. The summed E-state index contributed by atoms with van der Waals surface area (Å²) in [6, 6.07) is 9.79. The minimum Gasteiger partial charge on any atom is -0.393 e. The largest absolute Gasteiger partial charge is 0.393 e. The standard InChI is InChI=1S/C22H24B6ClF2N3O4/c23-15-8-20(24,18(37)33(27)17(15)36)32-9-10-7-12(3-6-14(10)16(32)35)22(25,26)34(28)19(38)21(30,31)11-1-4-13(29)5-2-11/h1-7,15H,8-9,23-28H2/t15?,20-/m0/s1. The first-order valence-electron chi connectivity index (χ1n) is 12.2. The molecule has 38 heavy (non-hydrogen) atoms. The van der Waals surface area contributed by atoms with Gasteiger partial charge < -0.3 is 14.5 Å². The topological polar surface area (TPSA) is 78.0 Å². The van der Waals surface area contributed by atoms with Crippen LogP contribution in [0, 0.1) is 0 Å². The van der Waals surface area contributed by atoms with E-state index in [2.05, 4.69) is 0 Å². The number of benzene rings is 2. The maximum atomic E-state index is 15.1. The normalized spacial score (nSPS) is 22.0. The highest BCUT2D eigenvalue weighted by Crippen LogP contribution is 2.39. The van der Waals surface area contributed by atoms with Crippen LogP contribution in [0.4, 0.5) is 8.78 Å². The van der Waals surface area contributed by atoms with Gasteiger partial charge in [0.2, 0.25) is 27.8 Å². The highest BCUT2D eigenvalue weighted by Gasteiger charge is 2.52. The summed E-state index contributed by atoms with van der Waals surface area (Å²) in [5, 5.41) is -0.881. The van der Waals surface area contributed by atoms with Crippen molar-refractivity contribution in [3.05, 3.63) is 69.7 Å². The molecular formula is C22H24B6ClF2N3O4. The van der Waals surface area contributed by atoms with Gasteiger partial charge >= 0.3 is 5.92 Å². The van der Waals surface area contributed by atoms with Crippen LogP contribution in [-0.4, -0.2) is 90.9 Å². The molecule has 0 aliphatic carbocycles. The quantitative estimate of drug-likeness (QED) is 0.302. The second-order valence-corrected chi connectivity index (χ2v) is 11.3. The number of alkyl halides is 2. The number of fused-ring (bicyclic) bond motifs is 1. The molecule has 0 saturated carbocycles. The number of rotatable bonds is 5. The molecule has 2 aliphatic rings. The van der Waals surface area contributed by atoms with Crippen molar-refractivity contribution in [2.24, 2.45) is 0 Å². The lowest BCUT2D eigenvalue weighted by Gasteiger charge is -2.45. The first-order chi connectivity index (χ1) is 17.5. The van der Waals surface area contributed by atoms with Crippen LogP contribution in [0.1, 0.15) is 33.5 Å². The summed E-state index contributed by atoms with van der Waals surface area (Å²) in [7, 11) is 9.41. The lowest BCUT2D eigenvalue weighted by Crippen LogP contribution is -2.65. The van der Waals surface area contributed by atoms with Gasteiger partial charge in [-0.25, -0.2) is 0 Å². The first kappa shape index (κ1) is 28.1. The number of hydrogen-bond donors (Lipinski definition) is 0. The molecule has 4 rings (SSSR count). The molecule has 2 heterocycles. The third-order valence-electron chi connectivity index (χ3n) is 8.05. The fraction of sp³-hybridized carbons (Fsp3) is 0.273. The molecule has 1 unspecified atom stereocenters. The highest BCUT2D eigenvalue weighted by atomic mass is 35.5.